The van der Waals surface area contributed by atoms with Crippen molar-refractivity contribution >= 4 is 5.91 Å². The molecule has 2 saturated heterocycles. The van der Waals surface area contributed by atoms with Gasteiger partial charge in [-0.15, -0.1) is 0 Å². The van der Waals surface area contributed by atoms with Gasteiger partial charge < -0.3 is 20.5 Å². The van der Waals surface area contributed by atoms with Gasteiger partial charge in [-0.3, -0.25) is 9.69 Å². The van der Waals surface area contributed by atoms with E-state index in [9.17, 15) is 9.90 Å². The van der Waals surface area contributed by atoms with E-state index in [1.54, 1.807) is 0 Å². The Balaban J connectivity index is 1.90. The number of piperazine rings is 1. The summed E-state index contributed by atoms with van der Waals surface area (Å²) in [7, 11) is 0. The highest BCUT2D eigenvalue weighted by molar-refractivity contribution is 5.85. The Kier molecular flexibility index (Phi) is 4.69. The Hall–Kier alpha value is -0.690. The molecular formula is C14H27N3O3. The first kappa shape index (κ1) is 15.7. The van der Waals surface area contributed by atoms with Crippen molar-refractivity contribution in [2.24, 2.45) is 0 Å². The van der Waals surface area contributed by atoms with Gasteiger partial charge in [0.05, 0.1) is 11.6 Å². The van der Waals surface area contributed by atoms with Crippen molar-refractivity contribution in [3.63, 3.8) is 0 Å². The smallest absolute Gasteiger partial charge is 0.240 e. The van der Waals surface area contributed by atoms with E-state index < -0.39 is 11.1 Å². The molecule has 2 unspecified atom stereocenters. The van der Waals surface area contributed by atoms with Crippen molar-refractivity contribution < 1.29 is 14.6 Å². The molecule has 2 aliphatic heterocycles. The van der Waals surface area contributed by atoms with Gasteiger partial charge in [0, 0.05) is 45.8 Å². The van der Waals surface area contributed by atoms with Crippen LogP contribution in [0.2, 0.25) is 0 Å². The zero-order valence-corrected chi connectivity index (χ0v) is 12.7. The maximum absolute atomic E-state index is 12.4. The van der Waals surface area contributed by atoms with E-state index in [4.69, 9.17) is 4.74 Å². The maximum atomic E-state index is 12.4. The third kappa shape index (κ3) is 3.14. The van der Waals surface area contributed by atoms with Crippen LogP contribution in [0.3, 0.4) is 0 Å². The van der Waals surface area contributed by atoms with Gasteiger partial charge in [0.2, 0.25) is 5.91 Å². The van der Waals surface area contributed by atoms with Crippen molar-refractivity contribution in [3.05, 3.63) is 0 Å². The molecule has 2 rings (SSSR count). The number of hydrogen-bond acceptors (Lipinski definition) is 5. The Bertz CT molecular complexity index is 356. The average Bonchev–Trinajstić information content (AvgIpc) is 2.77. The minimum atomic E-state index is -0.935. The Morgan fingerprint density at radius 1 is 1.50 bits per heavy atom. The predicted octanol–water partition coefficient (Wildman–Crippen LogP) is -0.674. The summed E-state index contributed by atoms with van der Waals surface area (Å²) >= 11 is 0. The standard InChI is InChI=1S/C14H27N3O3/c1-11-14(19,4-9-20-11)10-16-12(18)13(2,3)17-7-5-15-6-8-17/h11,15,19H,4-10H2,1-3H3,(H,16,18). The Labute approximate surface area is 120 Å². The van der Waals surface area contributed by atoms with Gasteiger partial charge in [-0.05, 0) is 20.8 Å². The zero-order valence-electron chi connectivity index (χ0n) is 12.7. The second-order valence-electron chi connectivity index (χ2n) is 6.35. The quantitative estimate of drug-likeness (QED) is 0.639. The predicted molar refractivity (Wildman–Crippen MR) is 76.5 cm³/mol. The summed E-state index contributed by atoms with van der Waals surface area (Å²) in [5, 5.41) is 16.6. The summed E-state index contributed by atoms with van der Waals surface area (Å²) in [6.45, 7) is 10.1. The number of carbonyl (C=O) groups is 1. The molecule has 3 N–H and O–H groups in total. The second-order valence-corrected chi connectivity index (χ2v) is 6.35. The van der Waals surface area contributed by atoms with Crippen molar-refractivity contribution in [1.82, 2.24) is 15.5 Å². The Morgan fingerprint density at radius 2 is 2.15 bits per heavy atom. The molecule has 0 radical (unpaired) electrons. The lowest BCUT2D eigenvalue weighted by Crippen LogP contribution is -2.61. The van der Waals surface area contributed by atoms with Gasteiger partial charge in [-0.25, -0.2) is 0 Å². The molecule has 2 atom stereocenters. The van der Waals surface area contributed by atoms with E-state index in [0.29, 0.717) is 13.0 Å². The highest BCUT2D eigenvalue weighted by Crippen LogP contribution is 2.25. The second kappa shape index (κ2) is 5.97. The maximum Gasteiger partial charge on any atom is 0.240 e. The van der Waals surface area contributed by atoms with Gasteiger partial charge in [0.25, 0.3) is 0 Å². The van der Waals surface area contributed by atoms with Crippen LogP contribution in [0.5, 0.6) is 0 Å². The van der Waals surface area contributed by atoms with Crippen LogP contribution < -0.4 is 10.6 Å². The lowest BCUT2D eigenvalue weighted by Gasteiger charge is -2.40. The molecular weight excluding hydrogens is 258 g/mol. The number of rotatable bonds is 4. The van der Waals surface area contributed by atoms with Crippen molar-refractivity contribution in [2.75, 3.05) is 39.3 Å². The number of hydrogen-bond donors (Lipinski definition) is 3. The summed E-state index contributed by atoms with van der Waals surface area (Å²) in [5.41, 5.74) is -1.49. The van der Waals surface area contributed by atoms with Crippen molar-refractivity contribution in [3.8, 4) is 0 Å². The number of aliphatic hydroxyl groups is 1. The van der Waals surface area contributed by atoms with Crippen LogP contribution in [-0.2, 0) is 9.53 Å². The minimum Gasteiger partial charge on any atom is -0.385 e. The van der Waals surface area contributed by atoms with Crippen LogP contribution in [0.4, 0.5) is 0 Å². The first-order chi connectivity index (χ1) is 9.36. The molecule has 2 fully saturated rings. The van der Waals surface area contributed by atoms with Gasteiger partial charge in [-0.1, -0.05) is 0 Å². The van der Waals surface area contributed by atoms with Gasteiger partial charge in [-0.2, -0.15) is 0 Å². The first-order valence-corrected chi connectivity index (χ1v) is 7.44. The third-order valence-corrected chi connectivity index (χ3v) is 4.68. The highest BCUT2D eigenvalue weighted by Gasteiger charge is 2.41. The fourth-order valence-electron chi connectivity index (χ4n) is 2.82. The number of amides is 1. The van der Waals surface area contributed by atoms with Crippen LogP contribution in [0.1, 0.15) is 27.2 Å². The van der Waals surface area contributed by atoms with Crippen LogP contribution in [0.15, 0.2) is 0 Å². The molecule has 0 aromatic rings. The SMILES string of the molecule is CC1OCCC1(O)CNC(=O)C(C)(C)N1CCNCC1. The monoisotopic (exact) mass is 285 g/mol. The number of ether oxygens (including phenoxy) is 1. The highest BCUT2D eigenvalue weighted by atomic mass is 16.5. The zero-order chi connectivity index (χ0) is 14.8. The lowest BCUT2D eigenvalue weighted by atomic mass is 9.95. The number of carbonyl (C=O) groups excluding carboxylic acids is 1. The van der Waals surface area contributed by atoms with E-state index in [-0.39, 0.29) is 18.6 Å². The van der Waals surface area contributed by atoms with Crippen molar-refractivity contribution in [2.45, 2.75) is 44.4 Å². The molecule has 6 heteroatoms. The summed E-state index contributed by atoms with van der Waals surface area (Å²) in [5.74, 6) is -0.0353. The van der Waals surface area contributed by atoms with Crippen molar-refractivity contribution in [1.29, 1.82) is 0 Å². The molecule has 6 nitrogen and oxygen atoms in total. The van der Waals surface area contributed by atoms with Gasteiger partial charge >= 0.3 is 0 Å². The molecule has 0 bridgehead atoms. The van der Waals surface area contributed by atoms with Gasteiger partial charge in [0.1, 0.15) is 5.60 Å². The molecule has 1 amide bonds. The molecule has 0 aromatic carbocycles. The topological polar surface area (TPSA) is 73.8 Å². The minimum absolute atomic E-state index is 0.0353. The van der Waals surface area contributed by atoms with Crippen LogP contribution >= 0.6 is 0 Å². The van der Waals surface area contributed by atoms with Gasteiger partial charge in [0.15, 0.2) is 0 Å². The van der Waals surface area contributed by atoms with E-state index >= 15 is 0 Å². The fourth-order valence-corrected chi connectivity index (χ4v) is 2.82. The molecule has 116 valence electrons. The van der Waals surface area contributed by atoms with E-state index in [1.165, 1.54) is 0 Å². The summed E-state index contributed by atoms with van der Waals surface area (Å²) in [4.78, 5) is 14.6. The largest absolute Gasteiger partial charge is 0.385 e. The Morgan fingerprint density at radius 3 is 2.70 bits per heavy atom. The fraction of sp³-hybridized carbons (Fsp3) is 0.929. The van der Waals surface area contributed by atoms with E-state index in [2.05, 4.69) is 15.5 Å². The average molecular weight is 285 g/mol. The first-order valence-electron chi connectivity index (χ1n) is 7.44. The molecule has 0 spiro atoms. The van der Waals surface area contributed by atoms with E-state index in [1.807, 2.05) is 20.8 Å². The molecule has 20 heavy (non-hydrogen) atoms. The molecule has 0 saturated carbocycles. The van der Waals surface area contributed by atoms with E-state index in [0.717, 1.165) is 26.2 Å². The summed E-state index contributed by atoms with van der Waals surface area (Å²) < 4.78 is 5.38. The molecule has 2 heterocycles. The molecule has 0 aliphatic carbocycles. The lowest BCUT2D eigenvalue weighted by molar-refractivity contribution is -0.133. The molecule has 2 aliphatic rings. The van der Waals surface area contributed by atoms with Crippen LogP contribution in [0.25, 0.3) is 0 Å². The van der Waals surface area contributed by atoms with Crippen LogP contribution in [0, 0.1) is 0 Å². The summed E-state index contributed by atoms with van der Waals surface area (Å²) in [6, 6.07) is 0. The third-order valence-electron chi connectivity index (χ3n) is 4.68. The normalized spacial score (nSPS) is 32.3. The summed E-state index contributed by atoms with van der Waals surface area (Å²) in [6.07, 6.45) is 0.341. The molecule has 0 aromatic heterocycles. The van der Waals surface area contributed by atoms with Crippen LogP contribution in [-0.4, -0.2) is 72.5 Å². The number of nitrogens with zero attached hydrogens (tertiary/aromatic N) is 1. The number of nitrogens with one attached hydrogen (secondary N) is 2.